The molecule has 0 spiro atoms. The zero-order valence-electron chi connectivity index (χ0n) is 17.4. The Morgan fingerprint density at radius 3 is 2.43 bits per heavy atom. The van der Waals surface area contributed by atoms with E-state index in [-0.39, 0.29) is 11.9 Å². The summed E-state index contributed by atoms with van der Waals surface area (Å²) in [6, 6.07) is 16.2. The van der Waals surface area contributed by atoms with Gasteiger partial charge in [0.1, 0.15) is 5.75 Å². The van der Waals surface area contributed by atoms with Crippen molar-refractivity contribution in [2.45, 2.75) is 52.7 Å². The summed E-state index contributed by atoms with van der Waals surface area (Å²) < 4.78 is 5.76. The topological polar surface area (TPSA) is 41.6 Å². The highest BCUT2D eigenvalue weighted by Crippen LogP contribution is 2.24. The smallest absolute Gasteiger partial charge is 0.261 e. The molecule has 2 aromatic rings. The predicted octanol–water partition coefficient (Wildman–Crippen LogP) is 4.88. The third-order valence-corrected chi connectivity index (χ3v) is 5.48. The van der Waals surface area contributed by atoms with Crippen LogP contribution in [-0.4, -0.2) is 25.1 Å². The van der Waals surface area contributed by atoms with Crippen molar-refractivity contribution in [3.8, 4) is 5.75 Å². The summed E-state index contributed by atoms with van der Waals surface area (Å²) in [5.74, 6) is 1.35. The minimum Gasteiger partial charge on any atom is -0.481 e. The van der Waals surface area contributed by atoms with Gasteiger partial charge >= 0.3 is 0 Å². The highest BCUT2D eigenvalue weighted by molar-refractivity contribution is 5.81. The predicted molar refractivity (Wildman–Crippen MR) is 115 cm³/mol. The van der Waals surface area contributed by atoms with Crippen LogP contribution in [0.2, 0.25) is 0 Å². The monoisotopic (exact) mass is 380 g/mol. The number of piperidine rings is 1. The van der Waals surface area contributed by atoms with E-state index in [4.69, 9.17) is 4.74 Å². The maximum atomic E-state index is 12.5. The van der Waals surface area contributed by atoms with Crippen LogP contribution in [0.25, 0.3) is 0 Å². The normalized spacial score (nSPS) is 19.0. The molecule has 150 valence electrons. The average molecular weight is 381 g/mol. The first-order valence-electron chi connectivity index (χ1n) is 10.3. The average Bonchev–Trinajstić information content (AvgIpc) is 2.69. The number of nitrogens with zero attached hydrogens (tertiary/aromatic N) is 1. The summed E-state index contributed by atoms with van der Waals surface area (Å²) >= 11 is 0. The van der Waals surface area contributed by atoms with Crippen molar-refractivity contribution in [2.75, 3.05) is 18.0 Å². The van der Waals surface area contributed by atoms with E-state index in [1.54, 1.807) is 6.92 Å². The van der Waals surface area contributed by atoms with E-state index in [1.807, 2.05) is 38.1 Å². The summed E-state index contributed by atoms with van der Waals surface area (Å²) in [6.45, 7) is 10.4. The van der Waals surface area contributed by atoms with Crippen LogP contribution in [0.15, 0.2) is 48.5 Å². The molecule has 0 bridgehead atoms. The Labute approximate surface area is 168 Å². The van der Waals surface area contributed by atoms with E-state index in [0.717, 1.165) is 24.6 Å². The number of hydrogen-bond acceptors (Lipinski definition) is 3. The van der Waals surface area contributed by atoms with E-state index < -0.39 is 6.10 Å². The Morgan fingerprint density at radius 1 is 1.11 bits per heavy atom. The lowest BCUT2D eigenvalue weighted by Crippen LogP contribution is -2.37. The van der Waals surface area contributed by atoms with E-state index in [1.165, 1.54) is 24.1 Å². The molecular weight excluding hydrogens is 348 g/mol. The van der Waals surface area contributed by atoms with Crippen LogP contribution in [0.3, 0.4) is 0 Å². The Bertz CT molecular complexity index is 770. The molecule has 3 rings (SSSR count). The van der Waals surface area contributed by atoms with E-state index in [2.05, 4.69) is 41.4 Å². The third-order valence-electron chi connectivity index (χ3n) is 5.48. The Morgan fingerprint density at radius 2 is 1.79 bits per heavy atom. The van der Waals surface area contributed by atoms with Crippen molar-refractivity contribution in [1.82, 2.24) is 5.32 Å². The molecule has 0 saturated carbocycles. The van der Waals surface area contributed by atoms with Crippen LogP contribution in [0.1, 0.15) is 50.8 Å². The van der Waals surface area contributed by atoms with Crippen LogP contribution in [-0.2, 0) is 4.79 Å². The first-order valence-corrected chi connectivity index (χ1v) is 10.3. The van der Waals surface area contributed by atoms with Crippen LogP contribution in [0.5, 0.6) is 5.75 Å². The lowest BCUT2D eigenvalue weighted by molar-refractivity contribution is -0.127. The SMILES string of the molecule is Cc1ccc(O[C@H](C)C(=O)N[C@H](C)c2ccc(N3CCC[C@H](C)C3)cc2)cc1. The molecule has 1 amide bonds. The summed E-state index contributed by atoms with van der Waals surface area (Å²) in [7, 11) is 0. The van der Waals surface area contributed by atoms with Gasteiger partial charge in [-0.25, -0.2) is 0 Å². The maximum Gasteiger partial charge on any atom is 0.261 e. The number of carbonyl (C=O) groups is 1. The maximum absolute atomic E-state index is 12.5. The fourth-order valence-corrected chi connectivity index (χ4v) is 3.69. The Balaban J connectivity index is 1.55. The highest BCUT2D eigenvalue weighted by atomic mass is 16.5. The second kappa shape index (κ2) is 9.13. The number of benzene rings is 2. The molecule has 0 radical (unpaired) electrons. The van der Waals surface area contributed by atoms with Gasteiger partial charge in [-0.3, -0.25) is 4.79 Å². The van der Waals surface area contributed by atoms with Gasteiger partial charge in [-0.2, -0.15) is 0 Å². The summed E-state index contributed by atoms with van der Waals surface area (Å²) in [5.41, 5.74) is 3.54. The molecule has 1 aliphatic heterocycles. The van der Waals surface area contributed by atoms with Crippen molar-refractivity contribution in [1.29, 1.82) is 0 Å². The van der Waals surface area contributed by atoms with Gasteiger partial charge in [-0.15, -0.1) is 0 Å². The van der Waals surface area contributed by atoms with Gasteiger partial charge in [-0.05, 0) is 69.4 Å². The molecule has 1 fully saturated rings. The number of amides is 1. The van der Waals surface area contributed by atoms with E-state index in [9.17, 15) is 4.79 Å². The second-order valence-corrected chi connectivity index (χ2v) is 8.09. The zero-order chi connectivity index (χ0) is 20.1. The fraction of sp³-hybridized carbons (Fsp3) is 0.458. The first kappa shape index (κ1) is 20.2. The van der Waals surface area contributed by atoms with Gasteiger partial charge in [0.05, 0.1) is 6.04 Å². The standard InChI is InChI=1S/C24H32N2O2/c1-17-7-13-23(14-8-17)28-20(4)24(27)25-19(3)21-9-11-22(12-10-21)26-15-5-6-18(2)16-26/h7-14,18-20H,5-6,15-16H2,1-4H3,(H,25,27)/t18-,19+,20+/m0/s1. The molecule has 1 N–H and O–H groups in total. The van der Waals surface area contributed by atoms with Crippen molar-refractivity contribution < 1.29 is 9.53 Å². The van der Waals surface area contributed by atoms with Gasteiger partial charge in [-0.1, -0.05) is 36.8 Å². The lowest BCUT2D eigenvalue weighted by atomic mass is 9.99. The zero-order valence-corrected chi connectivity index (χ0v) is 17.4. The summed E-state index contributed by atoms with van der Waals surface area (Å²) in [6.07, 6.45) is 2.04. The van der Waals surface area contributed by atoms with Crippen LogP contribution in [0, 0.1) is 12.8 Å². The van der Waals surface area contributed by atoms with Gasteiger partial charge in [0.2, 0.25) is 0 Å². The third kappa shape index (κ3) is 5.28. The quantitative estimate of drug-likeness (QED) is 0.777. The number of nitrogens with one attached hydrogen (secondary N) is 1. The summed E-state index contributed by atoms with van der Waals surface area (Å²) in [5, 5.41) is 3.06. The minimum atomic E-state index is -0.542. The molecular formula is C24H32N2O2. The molecule has 0 aromatic heterocycles. The number of rotatable bonds is 6. The van der Waals surface area contributed by atoms with E-state index in [0.29, 0.717) is 5.75 Å². The second-order valence-electron chi connectivity index (χ2n) is 8.09. The van der Waals surface area contributed by atoms with Crippen molar-refractivity contribution in [3.63, 3.8) is 0 Å². The molecule has 0 aliphatic carbocycles. The number of anilines is 1. The molecule has 4 nitrogen and oxygen atoms in total. The summed E-state index contributed by atoms with van der Waals surface area (Å²) in [4.78, 5) is 15.0. The molecule has 28 heavy (non-hydrogen) atoms. The first-order chi connectivity index (χ1) is 13.4. The lowest BCUT2D eigenvalue weighted by Gasteiger charge is -2.33. The molecule has 0 unspecified atom stereocenters. The number of ether oxygens (including phenoxy) is 1. The van der Waals surface area contributed by atoms with E-state index >= 15 is 0 Å². The van der Waals surface area contributed by atoms with Crippen molar-refractivity contribution >= 4 is 11.6 Å². The molecule has 1 aliphatic rings. The van der Waals surface area contributed by atoms with Gasteiger partial charge in [0, 0.05) is 18.8 Å². The Hall–Kier alpha value is -2.49. The largest absolute Gasteiger partial charge is 0.481 e. The van der Waals surface area contributed by atoms with Crippen LogP contribution < -0.4 is 15.0 Å². The number of aryl methyl sites for hydroxylation is 1. The Kier molecular flexibility index (Phi) is 6.61. The minimum absolute atomic E-state index is 0.0640. The molecule has 1 saturated heterocycles. The number of hydrogen-bond donors (Lipinski definition) is 1. The molecule has 3 atom stereocenters. The molecule has 2 aromatic carbocycles. The van der Waals surface area contributed by atoms with Gasteiger partial charge < -0.3 is 15.0 Å². The molecule has 1 heterocycles. The fourth-order valence-electron chi connectivity index (χ4n) is 3.69. The van der Waals surface area contributed by atoms with Crippen LogP contribution >= 0.6 is 0 Å². The molecule has 4 heteroatoms. The highest BCUT2D eigenvalue weighted by Gasteiger charge is 2.19. The van der Waals surface area contributed by atoms with Crippen LogP contribution in [0.4, 0.5) is 5.69 Å². The van der Waals surface area contributed by atoms with Crippen molar-refractivity contribution in [2.24, 2.45) is 5.92 Å². The van der Waals surface area contributed by atoms with Gasteiger partial charge in [0.25, 0.3) is 5.91 Å². The number of carbonyl (C=O) groups excluding carboxylic acids is 1. The van der Waals surface area contributed by atoms with Gasteiger partial charge in [0.15, 0.2) is 6.10 Å². The van der Waals surface area contributed by atoms with Crippen molar-refractivity contribution in [3.05, 3.63) is 59.7 Å².